The molecule has 0 aliphatic rings. The summed E-state index contributed by atoms with van der Waals surface area (Å²) in [4.78, 5) is 8.59. The largest absolute Gasteiger partial charge is 0.370 e. The minimum Gasteiger partial charge on any atom is -0.370 e. The fourth-order valence-corrected chi connectivity index (χ4v) is 2.38. The molecule has 0 aliphatic heterocycles. The summed E-state index contributed by atoms with van der Waals surface area (Å²) in [5, 5.41) is 4.04. The minimum absolute atomic E-state index is 0.484. The number of aryl methyl sites for hydroxylation is 1. The lowest BCUT2D eigenvalue weighted by atomic mass is 10.2. The third kappa shape index (κ3) is 4.49. The average Bonchev–Trinajstić information content (AvgIpc) is 2.52. The first kappa shape index (κ1) is 13.4. The minimum atomic E-state index is 0.484. The van der Waals surface area contributed by atoms with Gasteiger partial charge in [-0.25, -0.2) is 9.98 Å². The van der Waals surface area contributed by atoms with Gasteiger partial charge in [0.1, 0.15) is 5.01 Å². The molecule has 0 unspecified atom stereocenters. The lowest BCUT2D eigenvalue weighted by molar-refractivity contribution is 0.622. The Morgan fingerprint density at radius 2 is 2.31 bits per heavy atom. The molecule has 0 atom stereocenters. The van der Waals surface area contributed by atoms with Crippen molar-refractivity contribution in [3.8, 4) is 0 Å². The molecule has 4 nitrogen and oxygen atoms in total. The lowest BCUT2D eigenvalue weighted by Gasteiger charge is -2.07. The summed E-state index contributed by atoms with van der Waals surface area (Å²) >= 11 is 5.03. The van der Waals surface area contributed by atoms with Gasteiger partial charge in [-0.05, 0) is 28.8 Å². The number of rotatable bonds is 4. The fourth-order valence-electron chi connectivity index (χ4n) is 1.02. The van der Waals surface area contributed by atoms with E-state index in [1.54, 1.807) is 11.3 Å². The summed E-state index contributed by atoms with van der Waals surface area (Å²) in [5.41, 5.74) is 6.72. The van der Waals surface area contributed by atoms with Crippen molar-refractivity contribution in [2.24, 2.45) is 16.6 Å². The van der Waals surface area contributed by atoms with Gasteiger partial charge in [-0.15, -0.1) is 11.3 Å². The topological polar surface area (TPSA) is 63.3 Å². The standard InChI is InChI=1S/C10H17BrN4S/c1-6(2)4-13-10(12)14-5-8-15-7(3)9(11)16-8/h6H,4-5H2,1-3H3,(H3,12,13,14). The third-order valence-corrected chi connectivity index (χ3v) is 3.85. The van der Waals surface area contributed by atoms with Crippen molar-refractivity contribution >= 4 is 33.2 Å². The Labute approximate surface area is 108 Å². The van der Waals surface area contributed by atoms with Gasteiger partial charge in [0.15, 0.2) is 5.96 Å². The summed E-state index contributed by atoms with van der Waals surface area (Å²) in [6, 6.07) is 0. The van der Waals surface area contributed by atoms with Crippen molar-refractivity contribution in [3.05, 3.63) is 14.5 Å². The van der Waals surface area contributed by atoms with Crippen LogP contribution in [-0.4, -0.2) is 17.5 Å². The zero-order valence-electron chi connectivity index (χ0n) is 9.75. The van der Waals surface area contributed by atoms with Gasteiger partial charge in [-0.2, -0.15) is 0 Å². The Bertz CT molecular complexity index is 353. The summed E-state index contributed by atoms with van der Waals surface area (Å²) in [5.74, 6) is 1.04. The highest BCUT2D eigenvalue weighted by Crippen LogP contribution is 2.24. The highest BCUT2D eigenvalue weighted by Gasteiger charge is 2.04. The molecule has 6 heteroatoms. The highest BCUT2D eigenvalue weighted by atomic mass is 79.9. The molecule has 1 aromatic rings. The maximum absolute atomic E-state index is 5.72. The van der Waals surface area contributed by atoms with E-state index >= 15 is 0 Å². The summed E-state index contributed by atoms with van der Waals surface area (Å²) in [7, 11) is 0. The number of hydrogen-bond donors (Lipinski definition) is 2. The Balaban J connectivity index is 2.46. The second kappa shape index (κ2) is 6.20. The van der Waals surface area contributed by atoms with Gasteiger partial charge in [-0.1, -0.05) is 13.8 Å². The van der Waals surface area contributed by atoms with Crippen LogP contribution < -0.4 is 11.1 Å². The number of thiazole rings is 1. The first-order valence-corrected chi connectivity index (χ1v) is 6.75. The first-order chi connectivity index (χ1) is 7.49. The number of aliphatic imine (C=N–C) groups is 1. The van der Waals surface area contributed by atoms with Crippen LogP contribution >= 0.6 is 27.3 Å². The molecule has 16 heavy (non-hydrogen) atoms. The Kier molecular flexibility index (Phi) is 5.21. The summed E-state index contributed by atoms with van der Waals surface area (Å²) < 4.78 is 1.06. The molecule has 0 radical (unpaired) electrons. The van der Waals surface area contributed by atoms with Gasteiger partial charge >= 0.3 is 0 Å². The monoisotopic (exact) mass is 304 g/mol. The average molecular weight is 305 g/mol. The number of halogens is 1. The molecule has 0 saturated heterocycles. The Morgan fingerprint density at radius 3 is 2.81 bits per heavy atom. The normalized spacial score (nSPS) is 12.2. The van der Waals surface area contributed by atoms with Crippen molar-refractivity contribution in [1.29, 1.82) is 0 Å². The number of nitrogens with zero attached hydrogens (tertiary/aromatic N) is 2. The second-order valence-corrected chi connectivity index (χ2v) is 6.34. The van der Waals surface area contributed by atoms with E-state index in [4.69, 9.17) is 5.73 Å². The van der Waals surface area contributed by atoms with Gasteiger partial charge in [0, 0.05) is 6.54 Å². The number of guanidine groups is 1. The number of hydrogen-bond acceptors (Lipinski definition) is 3. The molecular weight excluding hydrogens is 288 g/mol. The summed E-state index contributed by atoms with van der Waals surface area (Å²) in [6.07, 6.45) is 0. The van der Waals surface area contributed by atoms with E-state index in [9.17, 15) is 0 Å². The maximum atomic E-state index is 5.72. The van der Waals surface area contributed by atoms with Crippen LogP contribution in [0.5, 0.6) is 0 Å². The zero-order chi connectivity index (χ0) is 12.1. The summed E-state index contributed by atoms with van der Waals surface area (Å²) in [6.45, 7) is 7.60. The van der Waals surface area contributed by atoms with Crippen molar-refractivity contribution in [1.82, 2.24) is 10.3 Å². The maximum Gasteiger partial charge on any atom is 0.189 e. The molecular formula is C10H17BrN4S. The first-order valence-electron chi connectivity index (χ1n) is 5.14. The van der Waals surface area contributed by atoms with E-state index in [0.29, 0.717) is 18.4 Å². The fraction of sp³-hybridized carbons (Fsp3) is 0.600. The van der Waals surface area contributed by atoms with Crippen LogP contribution in [0.2, 0.25) is 0 Å². The van der Waals surface area contributed by atoms with E-state index in [0.717, 1.165) is 21.0 Å². The van der Waals surface area contributed by atoms with E-state index in [2.05, 4.69) is 45.1 Å². The van der Waals surface area contributed by atoms with Crippen molar-refractivity contribution in [2.75, 3.05) is 6.54 Å². The Hall–Kier alpha value is -0.620. The smallest absolute Gasteiger partial charge is 0.189 e. The van der Waals surface area contributed by atoms with Gasteiger partial charge in [0.05, 0.1) is 16.0 Å². The van der Waals surface area contributed by atoms with Crippen LogP contribution in [0.1, 0.15) is 24.5 Å². The van der Waals surface area contributed by atoms with Gasteiger partial charge in [0.2, 0.25) is 0 Å². The van der Waals surface area contributed by atoms with E-state index in [1.165, 1.54) is 0 Å². The highest BCUT2D eigenvalue weighted by molar-refractivity contribution is 9.11. The van der Waals surface area contributed by atoms with Crippen molar-refractivity contribution in [2.45, 2.75) is 27.3 Å². The molecule has 0 fully saturated rings. The third-order valence-electron chi connectivity index (χ3n) is 1.86. The van der Waals surface area contributed by atoms with Gasteiger partial charge in [-0.3, -0.25) is 0 Å². The van der Waals surface area contributed by atoms with E-state index in [1.807, 2.05) is 6.92 Å². The predicted octanol–water partition coefficient (Wildman–Crippen LogP) is 2.27. The molecule has 1 rings (SSSR count). The van der Waals surface area contributed by atoms with Crippen molar-refractivity contribution < 1.29 is 0 Å². The van der Waals surface area contributed by atoms with Crippen LogP contribution in [0.25, 0.3) is 0 Å². The van der Waals surface area contributed by atoms with Gasteiger partial charge in [0.25, 0.3) is 0 Å². The van der Waals surface area contributed by atoms with E-state index in [-0.39, 0.29) is 0 Å². The second-order valence-electron chi connectivity index (χ2n) is 3.94. The quantitative estimate of drug-likeness (QED) is 0.662. The van der Waals surface area contributed by atoms with Gasteiger partial charge < -0.3 is 11.1 Å². The van der Waals surface area contributed by atoms with Crippen LogP contribution in [0.3, 0.4) is 0 Å². The molecule has 0 aliphatic carbocycles. The van der Waals surface area contributed by atoms with E-state index < -0.39 is 0 Å². The molecule has 90 valence electrons. The van der Waals surface area contributed by atoms with Crippen LogP contribution in [-0.2, 0) is 6.54 Å². The molecule has 3 N–H and O–H groups in total. The number of nitrogens with one attached hydrogen (secondary N) is 1. The molecule has 0 bridgehead atoms. The SMILES string of the molecule is Cc1nc(CN=C(N)NCC(C)C)sc1Br. The van der Waals surface area contributed by atoms with Crippen LogP contribution in [0.4, 0.5) is 0 Å². The lowest BCUT2D eigenvalue weighted by Crippen LogP contribution is -2.34. The predicted molar refractivity (Wildman–Crippen MR) is 72.7 cm³/mol. The molecule has 1 aromatic heterocycles. The van der Waals surface area contributed by atoms with Crippen molar-refractivity contribution in [3.63, 3.8) is 0 Å². The molecule has 0 saturated carbocycles. The number of nitrogens with two attached hydrogens (primary N) is 1. The molecule has 0 amide bonds. The Morgan fingerprint density at radius 1 is 1.62 bits per heavy atom. The van der Waals surface area contributed by atoms with Crippen LogP contribution in [0.15, 0.2) is 8.78 Å². The molecule has 1 heterocycles. The molecule has 0 spiro atoms. The zero-order valence-corrected chi connectivity index (χ0v) is 12.2. The van der Waals surface area contributed by atoms with Crippen LogP contribution in [0, 0.1) is 12.8 Å². The molecule has 0 aromatic carbocycles. The number of aromatic nitrogens is 1.